The topological polar surface area (TPSA) is 58.4 Å². The van der Waals surface area contributed by atoms with E-state index < -0.39 is 6.09 Å². The van der Waals surface area contributed by atoms with Crippen molar-refractivity contribution in [1.82, 2.24) is 14.5 Å². The van der Waals surface area contributed by atoms with Crippen LogP contribution in [0.4, 0.5) is 4.79 Å². The number of carbonyl (C=O) groups is 1. The molecule has 1 aliphatic rings. The SMILES string of the molecule is O=C(O)N1CCC(Cc2cccc(-n3cnc4ccccc43)c2)CC1. The Bertz CT molecular complexity index is 895. The Morgan fingerprint density at radius 2 is 1.92 bits per heavy atom. The second-order valence-corrected chi connectivity index (χ2v) is 6.69. The molecule has 1 aliphatic heterocycles. The van der Waals surface area contributed by atoms with E-state index in [9.17, 15) is 4.79 Å². The van der Waals surface area contributed by atoms with Crippen LogP contribution < -0.4 is 0 Å². The van der Waals surface area contributed by atoms with Crippen LogP contribution in [0.15, 0.2) is 54.9 Å². The molecule has 2 heterocycles. The maximum Gasteiger partial charge on any atom is 0.407 e. The highest BCUT2D eigenvalue weighted by Crippen LogP contribution is 2.24. The van der Waals surface area contributed by atoms with Gasteiger partial charge >= 0.3 is 6.09 Å². The highest BCUT2D eigenvalue weighted by atomic mass is 16.4. The number of benzene rings is 2. The molecule has 0 aliphatic carbocycles. The maximum absolute atomic E-state index is 11.0. The van der Waals surface area contributed by atoms with E-state index in [-0.39, 0.29) is 0 Å². The van der Waals surface area contributed by atoms with Gasteiger partial charge in [-0.3, -0.25) is 4.57 Å². The van der Waals surface area contributed by atoms with Crippen molar-refractivity contribution < 1.29 is 9.90 Å². The molecule has 1 aromatic heterocycles. The molecule has 0 unspecified atom stereocenters. The van der Waals surface area contributed by atoms with Crippen molar-refractivity contribution in [1.29, 1.82) is 0 Å². The zero-order valence-corrected chi connectivity index (χ0v) is 14.0. The predicted octanol–water partition coefficient (Wildman–Crippen LogP) is 3.96. The second kappa shape index (κ2) is 6.59. The largest absolute Gasteiger partial charge is 0.465 e. The first-order chi connectivity index (χ1) is 12.2. The van der Waals surface area contributed by atoms with Gasteiger partial charge in [-0.05, 0) is 55.0 Å². The smallest absolute Gasteiger partial charge is 0.407 e. The van der Waals surface area contributed by atoms with E-state index in [4.69, 9.17) is 5.11 Å². The van der Waals surface area contributed by atoms with Crippen molar-refractivity contribution >= 4 is 17.1 Å². The van der Waals surface area contributed by atoms with Gasteiger partial charge in [0.05, 0.1) is 11.0 Å². The molecular weight excluding hydrogens is 314 g/mol. The molecule has 1 amide bonds. The van der Waals surface area contributed by atoms with E-state index in [1.54, 1.807) is 0 Å². The van der Waals surface area contributed by atoms with Gasteiger partial charge in [-0.2, -0.15) is 0 Å². The number of piperidine rings is 1. The first-order valence-corrected chi connectivity index (χ1v) is 8.70. The molecule has 5 nitrogen and oxygen atoms in total. The number of rotatable bonds is 3. The van der Waals surface area contributed by atoms with Crippen LogP contribution in [0, 0.1) is 5.92 Å². The average molecular weight is 335 g/mol. The minimum Gasteiger partial charge on any atom is -0.465 e. The van der Waals surface area contributed by atoms with Crippen LogP contribution in [0.5, 0.6) is 0 Å². The van der Waals surface area contributed by atoms with E-state index in [2.05, 4.69) is 39.9 Å². The van der Waals surface area contributed by atoms with Crippen molar-refractivity contribution in [3.63, 3.8) is 0 Å². The van der Waals surface area contributed by atoms with Gasteiger partial charge in [0, 0.05) is 18.8 Å². The Balaban J connectivity index is 1.51. The van der Waals surface area contributed by atoms with Gasteiger partial charge in [0.15, 0.2) is 0 Å². The monoisotopic (exact) mass is 335 g/mol. The molecule has 0 bridgehead atoms. The minimum absolute atomic E-state index is 0.547. The van der Waals surface area contributed by atoms with Gasteiger partial charge in [-0.1, -0.05) is 24.3 Å². The number of hydrogen-bond donors (Lipinski definition) is 1. The summed E-state index contributed by atoms with van der Waals surface area (Å²) in [6.07, 6.45) is 3.94. The Hall–Kier alpha value is -2.82. The number of hydrogen-bond acceptors (Lipinski definition) is 2. The fourth-order valence-corrected chi connectivity index (χ4v) is 3.66. The highest BCUT2D eigenvalue weighted by Gasteiger charge is 2.22. The molecule has 0 spiro atoms. The number of nitrogens with zero attached hydrogens (tertiary/aromatic N) is 3. The van der Waals surface area contributed by atoms with Crippen LogP contribution in [-0.4, -0.2) is 38.7 Å². The highest BCUT2D eigenvalue weighted by molar-refractivity contribution is 5.77. The van der Waals surface area contributed by atoms with E-state index in [0.717, 1.165) is 36.0 Å². The molecule has 2 aromatic carbocycles. The van der Waals surface area contributed by atoms with Crippen LogP contribution in [0.25, 0.3) is 16.7 Å². The fourth-order valence-electron chi connectivity index (χ4n) is 3.66. The Kier molecular flexibility index (Phi) is 4.14. The molecule has 1 N–H and O–H groups in total. The van der Waals surface area contributed by atoms with Crippen LogP contribution in [0.2, 0.25) is 0 Å². The minimum atomic E-state index is -0.799. The van der Waals surface area contributed by atoms with Gasteiger partial charge in [-0.15, -0.1) is 0 Å². The zero-order valence-electron chi connectivity index (χ0n) is 14.0. The first kappa shape index (κ1) is 15.7. The van der Waals surface area contributed by atoms with E-state index in [0.29, 0.717) is 19.0 Å². The van der Waals surface area contributed by atoms with Crippen molar-refractivity contribution in [3.8, 4) is 5.69 Å². The van der Waals surface area contributed by atoms with Gasteiger partial charge in [0.2, 0.25) is 0 Å². The number of fused-ring (bicyclic) bond motifs is 1. The van der Waals surface area contributed by atoms with Crippen LogP contribution in [0.1, 0.15) is 18.4 Å². The molecule has 25 heavy (non-hydrogen) atoms. The Labute approximate surface area is 146 Å². The number of carboxylic acid groups (broad SMARTS) is 1. The summed E-state index contributed by atoms with van der Waals surface area (Å²) in [5.74, 6) is 0.547. The lowest BCUT2D eigenvalue weighted by Gasteiger charge is -2.30. The van der Waals surface area contributed by atoms with E-state index in [1.165, 1.54) is 10.5 Å². The number of imidazole rings is 1. The molecule has 3 aromatic rings. The van der Waals surface area contributed by atoms with Crippen LogP contribution >= 0.6 is 0 Å². The lowest BCUT2D eigenvalue weighted by atomic mass is 9.90. The van der Waals surface area contributed by atoms with Gasteiger partial charge in [-0.25, -0.2) is 9.78 Å². The van der Waals surface area contributed by atoms with Crippen LogP contribution in [0.3, 0.4) is 0 Å². The summed E-state index contributed by atoms with van der Waals surface area (Å²) in [6.45, 7) is 1.29. The number of aromatic nitrogens is 2. The third kappa shape index (κ3) is 3.22. The summed E-state index contributed by atoms with van der Waals surface area (Å²) in [5.41, 5.74) is 4.52. The summed E-state index contributed by atoms with van der Waals surface area (Å²) in [6, 6.07) is 16.7. The summed E-state index contributed by atoms with van der Waals surface area (Å²) in [4.78, 5) is 17.0. The zero-order chi connectivity index (χ0) is 17.2. The summed E-state index contributed by atoms with van der Waals surface area (Å²) < 4.78 is 2.12. The molecule has 5 heteroatoms. The van der Waals surface area contributed by atoms with Crippen molar-refractivity contribution in [2.75, 3.05) is 13.1 Å². The molecule has 128 valence electrons. The molecule has 1 saturated heterocycles. The number of likely N-dealkylation sites (tertiary alicyclic amines) is 1. The average Bonchev–Trinajstić information content (AvgIpc) is 3.06. The quantitative estimate of drug-likeness (QED) is 0.788. The van der Waals surface area contributed by atoms with Crippen molar-refractivity contribution in [2.24, 2.45) is 5.92 Å². The Morgan fingerprint density at radius 1 is 1.12 bits per heavy atom. The van der Waals surface area contributed by atoms with Gasteiger partial charge in [0.25, 0.3) is 0 Å². The third-order valence-electron chi connectivity index (χ3n) is 5.05. The van der Waals surface area contributed by atoms with Gasteiger partial charge < -0.3 is 10.0 Å². The lowest BCUT2D eigenvalue weighted by Crippen LogP contribution is -2.37. The standard InChI is InChI=1S/C20H21N3O2/c24-20(25)22-10-8-15(9-11-22)12-16-4-3-5-17(13-16)23-14-21-18-6-1-2-7-19(18)23/h1-7,13-15H,8-12H2,(H,24,25). The molecule has 0 saturated carbocycles. The molecule has 4 rings (SSSR count). The third-order valence-corrected chi connectivity index (χ3v) is 5.05. The van der Waals surface area contributed by atoms with Crippen molar-refractivity contribution in [3.05, 3.63) is 60.4 Å². The lowest BCUT2D eigenvalue weighted by molar-refractivity contribution is 0.124. The normalized spacial score (nSPS) is 15.6. The number of amides is 1. The predicted molar refractivity (Wildman–Crippen MR) is 97.1 cm³/mol. The second-order valence-electron chi connectivity index (χ2n) is 6.69. The summed E-state index contributed by atoms with van der Waals surface area (Å²) in [5, 5.41) is 9.06. The molecule has 0 radical (unpaired) electrons. The van der Waals surface area contributed by atoms with Gasteiger partial charge in [0.1, 0.15) is 6.33 Å². The fraction of sp³-hybridized carbons (Fsp3) is 0.300. The van der Waals surface area contributed by atoms with Crippen LogP contribution in [-0.2, 0) is 6.42 Å². The number of para-hydroxylation sites is 2. The summed E-state index contributed by atoms with van der Waals surface area (Å²) >= 11 is 0. The first-order valence-electron chi connectivity index (χ1n) is 8.70. The van der Waals surface area contributed by atoms with E-state index >= 15 is 0 Å². The van der Waals surface area contributed by atoms with Crippen molar-refractivity contribution in [2.45, 2.75) is 19.3 Å². The Morgan fingerprint density at radius 3 is 2.72 bits per heavy atom. The summed E-state index contributed by atoms with van der Waals surface area (Å²) in [7, 11) is 0. The molecular formula is C20H21N3O2. The molecule has 0 atom stereocenters. The molecule has 1 fully saturated rings. The maximum atomic E-state index is 11.0. The van der Waals surface area contributed by atoms with E-state index in [1.807, 2.05) is 24.5 Å².